The van der Waals surface area contributed by atoms with Gasteiger partial charge in [0.05, 0.1) is 0 Å². The second-order valence-electron chi connectivity index (χ2n) is 3.46. The van der Waals surface area contributed by atoms with Crippen molar-refractivity contribution < 1.29 is 0 Å². The van der Waals surface area contributed by atoms with Crippen LogP contribution in [0.4, 0.5) is 0 Å². The minimum atomic E-state index is 1.14. The van der Waals surface area contributed by atoms with E-state index in [4.69, 9.17) is 0 Å². The van der Waals surface area contributed by atoms with Crippen LogP contribution in [0.3, 0.4) is 0 Å². The van der Waals surface area contributed by atoms with Gasteiger partial charge < -0.3 is 0 Å². The van der Waals surface area contributed by atoms with Crippen molar-refractivity contribution in [1.82, 2.24) is 0 Å². The SMILES string of the molecule is C=C(C)C=CCCCC=C(C)C. The monoisotopic (exact) mass is 164 g/mol. The van der Waals surface area contributed by atoms with E-state index in [1.54, 1.807) is 0 Å². The van der Waals surface area contributed by atoms with Crippen molar-refractivity contribution in [2.75, 3.05) is 0 Å². The molecule has 0 N–H and O–H groups in total. The first-order valence-electron chi connectivity index (χ1n) is 4.58. The molecule has 0 spiro atoms. The summed E-state index contributed by atoms with van der Waals surface area (Å²) in [5, 5.41) is 0. The van der Waals surface area contributed by atoms with Crippen molar-refractivity contribution in [3.63, 3.8) is 0 Å². The van der Waals surface area contributed by atoms with Crippen LogP contribution in [0.25, 0.3) is 0 Å². The maximum absolute atomic E-state index is 3.80. The van der Waals surface area contributed by atoms with E-state index >= 15 is 0 Å². The lowest BCUT2D eigenvalue weighted by Crippen LogP contribution is -1.71. The van der Waals surface area contributed by atoms with Gasteiger partial charge in [0.15, 0.2) is 0 Å². The Morgan fingerprint density at radius 1 is 1.17 bits per heavy atom. The van der Waals surface area contributed by atoms with Crippen molar-refractivity contribution in [1.29, 1.82) is 0 Å². The number of rotatable bonds is 5. The Hall–Kier alpha value is -0.780. The van der Waals surface area contributed by atoms with Crippen molar-refractivity contribution in [2.45, 2.75) is 40.0 Å². The summed E-state index contributed by atoms with van der Waals surface area (Å²) in [4.78, 5) is 0. The van der Waals surface area contributed by atoms with Gasteiger partial charge in [-0.25, -0.2) is 0 Å². The highest BCUT2D eigenvalue weighted by molar-refractivity contribution is 5.10. The van der Waals surface area contributed by atoms with Crippen LogP contribution in [0.1, 0.15) is 40.0 Å². The predicted octanol–water partition coefficient (Wildman–Crippen LogP) is 4.26. The fourth-order valence-electron chi connectivity index (χ4n) is 0.911. The first-order chi connectivity index (χ1) is 5.63. The molecule has 0 saturated carbocycles. The highest BCUT2D eigenvalue weighted by atomic mass is 13.9. The summed E-state index contributed by atoms with van der Waals surface area (Å²) >= 11 is 0. The first kappa shape index (κ1) is 11.2. The van der Waals surface area contributed by atoms with Crippen LogP contribution in [0, 0.1) is 0 Å². The molecule has 68 valence electrons. The lowest BCUT2D eigenvalue weighted by Gasteiger charge is -1.92. The van der Waals surface area contributed by atoms with E-state index in [9.17, 15) is 0 Å². The fraction of sp³-hybridized carbons (Fsp3) is 0.500. The fourth-order valence-corrected chi connectivity index (χ4v) is 0.911. The van der Waals surface area contributed by atoms with Crippen molar-refractivity contribution >= 4 is 0 Å². The van der Waals surface area contributed by atoms with E-state index in [1.807, 2.05) is 6.92 Å². The summed E-state index contributed by atoms with van der Waals surface area (Å²) < 4.78 is 0. The minimum Gasteiger partial charge on any atom is -0.0961 e. The standard InChI is InChI=1S/C12H20/c1-11(2)9-7-5-6-8-10-12(3)4/h7,9-10H,1,5-6,8H2,2-4H3. The molecule has 0 unspecified atom stereocenters. The van der Waals surface area contributed by atoms with Crippen LogP contribution in [-0.2, 0) is 0 Å². The van der Waals surface area contributed by atoms with Crippen molar-refractivity contribution in [3.8, 4) is 0 Å². The van der Waals surface area contributed by atoms with Crippen LogP contribution >= 0.6 is 0 Å². The van der Waals surface area contributed by atoms with Crippen LogP contribution in [0.5, 0.6) is 0 Å². The van der Waals surface area contributed by atoms with Gasteiger partial charge in [-0.05, 0) is 40.0 Å². The van der Waals surface area contributed by atoms with Crippen LogP contribution in [-0.4, -0.2) is 0 Å². The number of hydrogen-bond donors (Lipinski definition) is 0. The maximum atomic E-state index is 3.80. The Balaban J connectivity index is 3.33. The van der Waals surface area contributed by atoms with Crippen molar-refractivity contribution in [3.05, 3.63) is 36.0 Å². The highest BCUT2D eigenvalue weighted by Crippen LogP contribution is 2.02. The van der Waals surface area contributed by atoms with Crippen LogP contribution in [0.15, 0.2) is 36.0 Å². The predicted molar refractivity (Wildman–Crippen MR) is 57.2 cm³/mol. The van der Waals surface area contributed by atoms with Gasteiger partial charge in [0.2, 0.25) is 0 Å². The lowest BCUT2D eigenvalue weighted by molar-refractivity contribution is 0.862. The first-order valence-corrected chi connectivity index (χ1v) is 4.58. The largest absolute Gasteiger partial charge is 0.0961 e. The molecule has 0 nitrogen and oxygen atoms in total. The van der Waals surface area contributed by atoms with E-state index in [0.29, 0.717) is 0 Å². The molecule has 0 amide bonds. The molecule has 0 aliphatic carbocycles. The molecule has 0 aromatic heterocycles. The molecule has 0 aliphatic rings. The Kier molecular flexibility index (Phi) is 6.45. The Bertz CT molecular complexity index is 178. The average molecular weight is 164 g/mol. The van der Waals surface area contributed by atoms with Gasteiger partial charge in [0.25, 0.3) is 0 Å². The van der Waals surface area contributed by atoms with Gasteiger partial charge in [0, 0.05) is 0 Å². The zero-order chi connectivity index (χ0) is 9.40. The topological polar surface area (TPSA) is 0 Å². The van der Waals surface area contributed by atoms with Gasteiger partial charge in [-0.2, -0.15) is 0 Å². The highest BCUT2D eigenvalue weighted by Gasteiger charge is 1.81. The normalized spacial score (nSPS) is 10.2. The molecule has 0 heteroatoms. The molecule has 0 heterocycles. The maximum Gasteiger partial charge on any atom is -0.0345 e. The second kappa shape index (κ2) is 6.90. The molecule has 0 saturated heterocycles. The molecular formula is C12H20. The summed E-state index contributed by atoms with van der Waals surface area (Å²) in [6, 6.07) is 0. The van der Waals surface area contributed by atoms with Crippen LogP contribution < -0.4 is 0 Å². The van der Waals surface area contributed by atoms with Gasteiger partial charge >= 0.3 is 0 Å². The van der Waals surface area contributed by atoms with Gasteiger partial charge in [-0.15, -0.1) is 0 Å². The number of unbranched alkanes of at least 4 members (excludes halogenated alkanes) is 2. The van der Waals surface area contributed by atoms with Crippen LogP contribution in [0.2, 0.25) is 0 Å². The number of hydrogen-bond acceptors (Lipinski definition) is 0. The van der Waals surface area contributed by atoms with E-state index in [0.717, 1.165) is 12.0 Å². The minimum absolute atomic E-state index is 1.14. The summed E-state index contributed by atoms with van der Waals surface area (Å²) in [5.74, 6) is 0. The summed E-state index contributed by atoms with van der Waals surface area (Å²) in [6.07, 6.45) is 10.2. The van der Waals surface area contributed by atoms with Gasteiger partial charge in [0.1, 0.15) is 0 Å². The Morgan fingerprint density at radius 3 is 2.33 bits per heavy atom. The Morgan fingerprint density at radius 2 is 1.83 bits per heavy atom. The molecule has 0 aromatic rings. The lowest BCUT2D eigenvalue weighted by atomic mass is 10.1. The number of allylic oxidation sites excluding steroid dienone is 5. The molecule has 0 aliphatic heterocycles. The smallest absolute Gasteiger partial charge is 0.0345 e. The van der Waals surface area contributed by atoms with Crippen molar-refractivity contribution in [2.24, 2.45) is 0 Å². The summed E-state index contributed by atoms with van der Waals surface area (Å²) in [6.45, 7) is 10.1. The molecule has 0 radical (unpaired) electrons. The van der Waals surface area contributed by atoms with E-state index < -0.39 is 0 Å². The average Bonchev–Trinajstić information content (AvgIpc) is 1.95. The third kappa shape index (κ3) is 9.22. The molecular weight excluding hydrogens is 144 g/mol. The molecule has 0 fully saturated rings. The second-order valence-corrected chi connectivity index (χ2v) is 3.46. The summed E-state index contributed by atoms with van der Waals surface area (Å²) in [5.41, 5.74) is 2.55. The zero-order valence-electron chi connectivity index (χ0n) is 8.56. The van der Waals surface area contributed by atoms with Gasteiger partial charge in [-0.3, -0.25) is 0 Å². The Labute approximate surface area is 76.7 Å². The molecule has 0 aromatic carbocycles. The molecule has 0 bridgehead atoms. The quantitative estimate of drug-likeness (QED) is 0.323. The zero-order valence-corrected chi connectivity index (χ0v) is 8.56. The third-order valence-electron chi connectivity index (χ3n) is 1.53. The molecule has 0 rings (SSSR count). The van der Waals surface area contributed by atoms with Gasteiger partial charge in [-0.1, -0.05) is 36.0 Å². The van der Waals surface area contributed by atoms with E-state index in [-0.39, 0.29) is 0 Å². The third-order valence-corrected chi connectivity index (χ3v) is 1.53. The van der Waals surface area contributed by atoms with E-state index in [2.05, 4.69) is 38.7 Å². The molecule has 12 heavy (non-hydrogen) atoms. The summed E-state index contributed by atoms with van der Waals surface area (Å²) in [7, 11) is 0. The van der Waals surface area contributed by atoms with E-state index in [1.165, 1.54) is 18.4 Å². The molecule has 0 atom stereocenters.